The van der Waals surface area contributed by atoms with Crippen molar-refractivity contribution in [2.24, 2.45) is 23.0 Å². The Labute approximate surface area is 267 Å². The van der Waals surface area contributed by atoms with Crippen molar-refractivity contribution in [3.8, 4) is 0 Å². The Balaban J connectivity index is 1.33. The second-order valence-electron chi connectivity index (χ2n) is 14.3. The van der Waals surface area contributed by atoms with Gasteiger partial charge in [-0.15, -0.1) is 0 Å². The van der Waals surface area contributed by atoms with Crippen LogP contribution >= 0.6 is 11.6 Å². The lowest BCUT2D eigenvalue weighted by Gasteiger charge is -2.48. The first-order valence-corrected chi connectivity index (χ1v) is 16.8. The fourth-order valence-corrected chi connectivity index (χ4v) is 7.84. The van der Waals surface area contributed by atoms with Crippen LogP contribution in [-0.2, 0) is 27.2 Å². The standard InChI is InChI=1S/C36H49ClN4O3/c1-35(2,3)40-34(44)36(26-10-5-4-6-11-26)19-21-41(22-20-36)33(43)30(23-24-13-16-27(37)17-14-24)39-32(42)29-18-15-25-9-7-8-12-28(25)31(29)38/h7-9,12-14,16-17,26,29-31H,4-6,10-11,15,18-23,38H2,1-3H3,(H,39,42)(H,40,44)/t29?,30-,31-/m1/s1. The van der Waals surface area contributed by atoms with Crippen LogP contribution in [0.5, 0.6) is 0 Å². The first-order valence-electron chi connectivity index (χ1n) is 16.5. The Hall–Kier alpha value is -2.90. The first kappa shape index (κ1) is 32.5. The Bertz CT molecular complexity index is 1320. The summed E-state index contributed by atoms with van der Waals surface area (Å²) in [5.74, 6) is -0.242. The van der Waals surface area contributed by atoms with Crippen molar-refractivity contribution in [2.75, 3.05) is 13.1 Å². The van der Waals surface area contributed by atoms with Gasteiger partial charge in [0.2, 0.25) is 17.7 Å². The lowest BCUT2D eigenvalue weighted by Crippen LogP contribution is -2.59. The molecule has 2 aliphatic carbocycles. The number of aryl methyl sites for hydroxylation is 1. The molecule has 5 rings (SSSR count). The summed E-state index contributed by atoms with van der Waals surface area (Å²) in [6.45, 7) is 7.07. The zero-order valence-electron chi connectivity index (χ0n) is 26.5. The Morgan fingerprint density at radius 2 is 1.64 bits per heavy atom. The molecule has 1 heterocycles. The van der Waals surface area contributed by atoms with Crippen LogP contribution in [0.15, 0.2) is 48.5 Å². The molecule has 0 spiro atoms. The molecule has 2 fully saturated rings. The molecule has 3 atom stereocenters. The van der Waals surface area contributed by atoms with Crippen molar-refractivity contribution in [3.63, 3.8) is 0 Å². The molecular weight excluding hydrogens is 572 g/mol. The van der Waals surface area contributed by atoms with E-state index in [0.717, 1.165) is 43.2 Å². The fraction of sp³-hybridized carbons (Fsp3) is 0.583. The number of nitrogens with two attached hydrogens (primary N) is 1. The molecule has 0 radical (unpaired) electrons. The van der Waals surface area contributed by atoms with Crippen LogP contribution in [0.25, 0.3) is 0 Å². The highest BCUT2D eigenvalue weighted by atomic mass is 35.5. The van der Waals surface area contributed by atoms with Crippen LogP contribution in [0, 0.1) is 17.3 Å². The van der Waals surface area contributed by atoms with Gasteiger partial charge in [0.15, 0.2) is 0 Å². The van der Waals surface area contributed by atoms with Crippen molar-refractivity contribution < 1.29 is 14.4 Å². The predicted octanol–water partition coefficient (Wildman–Crippen LogP) is 5.73. The number of carbonyl (C=O) groups is 3. The van der Waals surface area contributed by atoms with Gasteiger partial charge in [0.1, 0.15) is 6.04 Å². The van der Waals surface area contributed by atoms with Crippen molar-refractivity contribution >= 4 is 29.3 Å². The molecule has 8 heteroatoms. The summed E-state index contributed by atoms with van der Waals surface area (Å²) in [5, 5.41) is 7.03. The fourth-order valence-electron chi connectivity index (χ4n) is 7.71. The molecule has 1 saturated carbocycles. The maximum Gasteiger partial charge on any atom is 0.245 e. The van der Waals surface area contributed by atoms with E-state index in [1.165, 1.54) is 12.0 Å². The van der Waals surface area contributed by atoms with Crippen molar-refractivity contribution in [1.82, 2.24) is 15.5 Å². The van der Waals surface area contributed by atoms with E-state index in [4.69, 9.17) is 17.3 Å². The predicted molar refractivity (Wildman–Crippen MR) is 175 cm³/mol. The van der Waals surface area contributed by atoms with Crippen LogP contribution in [0.1, 0.15) is 94.9 Å². The quantitative estimate of drug-likeness (QED) is 0.367. The van der Waals surface area contributed by atoms with Gasteiger partial charge in [-0.1, -0.05) is 67.3 Å². The zero-order chi connectivity index (χ0) is 31.5. The molecule has 44 heavy (non-hydrogen) atoms. The second kappa shape index (κ2) is 13.6. The highest BCUT2D eigenvalue weighted by Gasteiger charge is 2.49. The van der Waals surface area contributed by atoms with Gasteiger partial charge in [-0.05, 0) is 94.0 Å². The lowest BCUT2D eigenvalue weighted by atomic mass is 9.63. The van der Waals surface area contributed by atoms with Crippen molar-refractivity contribution in [2.45, 2.75) is 103 Å². The van der Waals surface area contributed by atoms with E-state index >= 15 is 0 Å². The van der Waals surface area contributed by atoms with Gasteiger partial charge in [-0.3, -0.25) is 14.4 Å². The molecule has 7 nitrogen and oxygen atoms in total. The van der Waals surface area contributed by atoms with Crippen LogP contribution in [0.3, 0.4) is 0 Å². The van der Waals surface area contributed by atoms with E-state index < -0.39 is 23.4 Å². The molecule has 3 amide bonds. The summed E-state index contributed by atoms with van der Waals surface area (Å²) >= 11 is 6.14. The van der Waals surface area contributed by atoms with E-state index in [2.05, 4.69) is 16.7 Å². The van der Waals surface area contributed by atoms with Crippen LogP contribution in [-0.4, -0.2) is 47.3 Å². The third kappa shape index (κ3) is 7.31. The summed E-state index contributed by atoms with van der Waals surface area (Å²) < 4.78 is 0. The number of nitrogens with one attached hydrogen (secondary N) is 2. The van der Waals surface area contributed by atoms with E-state index in [9.17, 15) is 14.4 Å². The normalized spacial score (nSPS) is 22.9. The number of hydrogen-bond donors (Lipinski definition) is 3. The summed E-state index contributed by atoms with van der Waals surface area (Å²) in [4.78, 5) is 43.7. The number of rotatable bonds is 7. The summed E-state index contributed by atoms with van der Waals surface area (Å²) in [6.07, 6.45) is 8.70. The molecule has 2 aromatic carbocycles. The molecule has 1 unspecified atom stereocenters. The summed E-state index contributed by atoms with van der Waals surface area (Å²) in [6, 6.07) is 14.3. The minimum absolute atomic E-state index is 0.105. The van der Waals surface area contributed by atoms with Gasteiger partial charge < -0.3 is 21.3 Å². The topological polar surface area (TPSA) is 105 Å². The van der Waals surface area contributed by atoms with Gasteiger partial charge >= 0.3 is 0 Å². The summed E-state index contributed by atoms with van der Waals surface area (Å²) in [7, 11) is 0. The zero-order valence-corrected chi connectivity index (χ0v) is 27.3. The van der Waals surface area contributed by atoms with E-state index in [-0.39, 0.29) is 23.3 Å². The van der Waals surface area contributed by atoms with Crippen molar-refractivity contribution in [3.05, 3.63) is 70.2 Å². The molecule has 0 bridgehead atoms. The number of piperidine rings is 1. The number of halogens is 1. The van der Waals surface area contributed by atoms with E-state index in [0.29, 0.717) is 49.7 Å². The number of likely N-dealkylation sites (tertiary alicyclic amines) is 1. The third-order valence-electron chi connectivity index (χ3n) is 10.2. The van der Waals surface area contributed by atoms with Gasteiger partial charge in [-0.2, -0.15) is 0 Å². The highest BCUT2D eigenvalue weighted by molar-refractivity contribution is 6.30. The number of carbonyl (C=O) groups excluding carboxylic acids is 3. The largest absolute Gasteiger partial charge is 0.351 e. The number of hydrogen-bond acceptors (Lipinski definition) is 4. The second-order valence-corrected chi connectivity index (χ2v) is 14.7. The van der Waals surface area contributed by atoms with Gasteiger partial charge in [-0.25, -0.2) is 0 Å². The van der Waals surface area contributed by atoms with Gasteiger partial charge in [0, 0.05) is 36.1 Å². The van der Waals surface area contributed by atoms with Gasteiger partial charge in [0.25, 0.3) is 0 Å². The average molecular weight is 621 g/mol. The smallest absolute Gasteiger partial charge is 0.245 e. The molecule has 4 N–H and O–H groups in total. The Kier molecular flexibility index (Phi) is 10.1. The third-order valence-corrected chi connectivity index (χ3v) is 10.4. The Morgan fingerprint density at radius 3 is 2.30 bits per heavy atom. The van der Waals surface area contributed by atoms with E-state index in [1.807, 2.05) is 68.1 Å². The SMILES string of the molecule is CC(C)(C)NC(=O)C1(C2CCCCC2)CCN(C(=O)[C@@H](Cc2ccc(Cl)cc2)NC(=O)C2CCc3ccccc3[C@H]2N)CC1. The van der Waals surface area contributed by atoms with Crippen molar-refractivity contribution in [1.29, 1.82) is 0 Å². The molecule has 238 valence electrons. The number of nitrogens with zero attached hydrogens (tertiary/aromatic N) is 1. The van der Waals surface area contributed by atoms with Crippen LogP contribution < -0.4 is 16.4 Å². The minimum atomic E-state index is -0.737. The minimum Gasteiger partial charge on any atom is -0.351 e. The molecule has 2 aromatic rings. The summed E-state index contributed by atoms with van der Waals surface area (Å²) in [5.41, 5.74) is 8.94. The monoisotopic (exact) mass is 620 g/mol. The maximum absolute atomic E-state index is 14.2. The number of benzene rings is 2. The Morgan fingerprint density at radius 1 is 0.977 bits per heavy atom. The van der Waals surface area contributed by atoms with Gasteiger partial charge in [0.05, 0.1) is 11.3 Å². The van der Waals surface area contributed by atoms with Crippen LogP contribution in [0.4, 0.5) is 0 Å². The molecule has 0 aromatic heterocycles. The lowest BCUT2D eigenvalue weighted by molar-refractivity contribution is -0.147. The highest BCUT2D eigenvalue weighted by Crippen LogP contribution is 2.46. The molecule has 1 aliphatic heterocycles. The van der Waals surface area contributed by atoms with E-state index in [1.54, 1.807) is 0 Å². The maximum atomic E-state index is 14.2. The number of amides is 3. The molecular formula is C36H49ClN4O3. The molecule has 1 saturated heterocycles. The number of fused-ring (bicyclic) bond motifs is 1. The molecule has 3 aliphatic rings. The van der Waals surface area contributed by atoms with Crippen LogP contribution in [0.2, 0.25) is 5.02 Å². The average Bonchev–Trinajstić information content (AvgIpc) is 3.01. The first-order chi connectivity index (χ1) is 21.0.